The summed E-state index contributed by atoms with van der Waals surface area (Å²) in [5.41, 5.74) is 0. The number of imidazole rings is 1. The molecule has 0 aliphatic carbocycles. The number of nitrogens with zero attached hydrogens (tertiary/aromatic N) is 4. The highest BCUT2D eigenvalue weighted by Gasteiger charge is 2.22. The Bertz CT molecular complexity index is 599. The Hall–Kier alpha value is -1.66. The van der Waals surface area contributed by atoms with Gasteiger partial charge in [0.15, 0.2) is 0 Å². The predicted octanol–water partition coefficient (Wildman–Crippen LogP) is 1.96. The van der Waals surface area contributed by atoms with Gasteiger partial charge in [-0.2, -0.15) is 0 Å². The van der Waals surface area contributed by atoms with E-state index in [0.29, 0.717) is 0 Å². The monoisotopic (exact) mass is 318 g/mol. The molecular formula is C16H22N4OS. The Balaban J connectivity index is 1.47. The summed E-state index contributed by atoms with van der Waals surface area (Å²) in [5, 5.41) is 1.96. The number of carbonyl (C=O) groups is 1. The Morgan fingerprint density at radius 3 is 2.77 bits per heavy atom. The number of aromatic nitrogens is 2. The van der Waals surface area contributed by atoms with Gasteiger partial charge in [-0.3, -0.25) is 9.69 Å². The average Bonchev–Trinajstić information content (AvgIpc) is 3.24. The highest BCUT2D eigenvalue weighted by molar-refractivity contribution is 7.12. The second-order valence-corrected chi connectivity index (χ2v) is 6.45. The van der Waals surface area contributed by atoms with Gasteiger partial charge in [-0.25, -0.2) is 4.98 Å². The maximum Gasteiger partial charge on any atom is 0.264 e. The van der Waals surface area contributed by atoms with Crippen LogP contribution in [0.1, 0.15) is 22.4 Å². The van der Waals surface area contributed by atoms with Crippen LogP contribution >= 0.6 is 11.3 Å². The predicted molar refractivity (Wildman–Crippen MR) is 88.3 cm³/mol. The molecule has 5 nitrogen and oxygen atoms in total. The van der Waals surface area contributed by atoms with Crippen molar-refractivity contribution in [2.75, 3.05) is 32.7 Å². The summed E-state index contributed by atoms with van der Waals surface area (Å²) >= 11 is 1.52. The Morgan fingerprint density at radius 2 is 2.09 bits per heavy atom. The molecule has 118 valence electrons. The molecule has 1 amide bonds. The SMILES string of the molecule is CCc1nccn1CCN1CCN(C(=O)c2cccs2)CC1. The van der Waals surface area contributed by atoms with Crippen LogP contribution in [0.3, 0.4) is 0 Å². The molecule has 1 saturated heterocycles. The second-order valence-electron chi connectivity index (χ2n) is 5.50. The van der Waals surface area contributed by atoms with Crippen LogP contribution in [-0.4, -0.2) is 58.0 Å². The van der Waals surface area contributed by atoms with E-state index in [2.05, 4.69) is 27.6 Å². The topological polar surface area (TPSA) is 41.4 Å². The van der Waals surface area contributed by atoms with Crippen molar-refractivity contribution in [3.8, 4) is 0 Å². The fourth-order valence-corrected chi connectivity index (χ4v) is 3.53. The zero-order valence-electron chi connectivity index (χ0n) is 12.9. The standard InChI is InChI=1S/C16H22N4OS/c1-2-15-17-5-6-19(15)10-7-18-8-11-20(12-9-18)16(21)14-4-3-13-22-14/h3-6,13H,2,7-12H2,1H3. The smallest absolute Gasteiger partial charge is 0.264 e. The van der Waals surface area contributed by atoms with Gasteiger partial charge in [0.1, 0.15) is 5.82 Å². The van der Waals surface area contributed by atoms with Crippen molar-refractivity contribution < 1.29 is 4.79 Å². The van der Waals surface area contributed by atoms with Crippen molar-refractivity contribution >= 4 is 17.2 Å². The lowest BCUT2D eigenvalue weighted by atomic mass is 10.3. The van der Waals surface area contributed by atoms with Crippen LogP contribution in [0.15, 0.2) is 29.9 Å². The minimum absolute atomic E-state index is 0.178. The Morgan fingerprint density at radius 1 is 1.27 bits per heavy atom. The van der Waals surface area contributed by atoms with E-state index in [0.717, 1.165) is 56.4 Å². The molecule has 0 bridgehead atoms. The van der Waals surface area contributed by atoms with E-state index in [1.807, 2.05) is 28.6 Å². The number of piperazine rings is 1. The van der Waals surface area contributed by atoms with Crippen LogP contribution in [0.2, 0.25) is 0 Å². The maximum absolute atomic E-state index is 12.3. The largest absolute Gasteiger partial charge is 0.335 e. The summed E-state index contributed by atoms with van der Waals surface area (Å²) in [4.78, 5) is 21.9. The number of amides is 1. The molecule has 0 atom stereocenters. The van der Waals surface area contributed by atoms with Crippen molar-refractivity contribution in [1.29, 1.82) is 0 Å². The normalized spacial score (nSPS) is 16.1. The van der Waals surface area contributed by atoms with Crippen LogP contribution in [0, 0.1) is 0 Å². The summed E-state index contributed by atoms with van der Waals surface area (Å²) in [6.45, 7) is 7.67. The first-order chi connectivity index (χ1) is 10.8. The van der Waals surface area contributed by atoms with Crippen molar-refractivity contribution in [2.24, 2.45) is 0 Å². The van der Waals surface area contributed by atoms with E-state index in [1.54, 1.807) is 0 Å². The number of hydrogen-bond donors (Lipinski definition) is 0. The molecule has 0 unspecified atom stereocenters. The Labute approximate surface area is 135 Å². The first-order valence-corrected chi connectivity index (χ1v) is 8.71. The van der Waals surface area contributed by atoms with Crippen molar-refractivity contribution in [3.63, 3.8) is 0 Å². The summed E-state index contributed by atoms with van der Waals surface area (Å²) < 4.78 is 2.23. The average molecular weight is 318 g/mol. The van der Waals surface area contributed by atoms with Crippen LogP contribution in [0.5, 0.6) is 0 Å². The molecule has 0 saturated carbocycles. The molecule has 0 spiro atoms. The molecule has 6 heteroatoms. The molecule has 3 heterocycles. The van der Waals surface area contributed by atoms with Crippen molar-refractivity contribution in [2.45, 2.75) is 19.9 Å². The highest BCUT2D eigenvalue weighted by Crippen LogP contribution is 2.14. The van der Waals surface area contributed by atoms with E-state index in [-0.39, 0.29) is 5.91 Å². The number of hydrogen-bond acceptors (Lipinski definition) is 4. The second kappa shape index (κ2) is 7.07. The van der Waals surface area contributed by atoms with Gasteiger partial charge in [0, 0.05) is 58.1 Å². The third-order valence-corrected chi connectivity index (χ3v) is 5.02. The molecule has 1 aliphatic heterocycles. The third-order valence-electron chi connectivity index (χ3n) is 4.17. The summed E-state index contributed by atoms with van der Waals surface area (Å²) in [6.07, 6.45) is 4.89. The lowest BCUT2D eigenvalue weighted by molar-refractivity contribution is 0.0638. The minimum Gasteiger partial charge on any atom is -0.335 e. The highest BCUT2D eigenvalue weighted by atomic mass is 32.1. The first-order valence-electron chi connectivity index (χ1n) is 7.83. The molecule has 0 N–H and O–H groups in total. The molecule has 1 fully saturated rings. The van der Waals surface area contributed by atoms with E-state index < -0.39 is 0 Å². The van der Waals surface area contributed by atoms with Gasteiger partial charge in [0.05, 0.1) is 4.88 Å². The molecule has 2 aromatic rings. The fraction of sp³-hybridized carbons (Fsp3) is 0.500. The zero-order valence-corrected chi connectivity index (χ0v) is 13.8. The van der Waals surface area contributed by atoms with Crippen LogP contribution < -0.4 is 0 Å². The molecule has 3 rings (SSSR count). The van der Waals surface area contributed by atoms with E-state index in [9.17, 15) is 4.79 Å². The Kier molecular flexibility index (Phi) is 4.90. The van der Waals surface area contributed by atoms with E-state index in [1.165, 1.54) is 11.3 Å². The summed E-state index contributed by atoms with van der Waals surface area (Å²) in [5.74, 6) is 1.32. The van der Waals surface area contributed by atoms with Crippen molar-refractivity contribution in [1.82, 2.24) is 19.4 Å². The van der Waals surface area contributed by atoms with Crippen LogP contribution in [0.25, 0.3) is 0 Å². The first kappa shape index (κ1) is 15.2. The molecule has 0 aromatic carbocycles. The number of rotatable bonds is 5. The van der Waals surface area contributed by atoms with Crippen molar-refractivity contribution in [3.05, 3.63) is 40.6 Å². The third kappa shape index (κ3) is 3.39. The number of aryl methyl sites for hydroxylation is 1. The molecule has 22 heavy (non-hydrogen) atoms. The summed E-state index contributed by atoms with van der Waals surface area (Å²) in [7, 11) is 0. The van der Waals surface area contributed by atoms with E-state index >= 15 is 0 Å². The van der Waals surface area contributed by atoms with Crippen LogP contribution in [0.4, 0.5) is 0 Å². The van der Waals surface area contributed by atoms with Gasteiger partial charge in [0.2, 0.25) is 0 Å². The van der Waals surface area contributed by atoms with Crippen LogP contribution in [-0.2, 0) is 13.0 Å². The minimum atomic E-state index is 0.178. The molecule has 0 radical (unpaired) electrons. The van der Waals surface area contributed by atoms with Gasteiger partial charge >= 0.3 is 0 Å². The number of carbonyl (C=O) groups excluding carboxylic acids is 1. The van der Waals surface area contributed by atoms with Gasteiger partial charge in [-0.15, -0.1) is 11.3 Å². The number of thiophene rings is 1. The van der Waals surface area contributed by atoms with Gasteiger partial charge in [-0.1, -0.05) is 13.0 Å². The lowest BCUT2D eigenvalue weighted by Crippen LogP contribution is -2.49. The van der Waals surface area contributed by atoms with Gasteiger partial charge < -0.3 is 9.47 Å². The maximum atomic E-state index is 12.3. The lowest BCUT2D eigenvalue weighted by Gasteiger charge is -2.34. The summed E-state index contributed by atoms with van der Waals surface area (Å²) in [6, 6.07) is 3.84. The van der Waals surface area contributed by atoms with Gasteiger partial charge in [0.25, 0.3) is 5.91 Å². The molecule has 2 aromatic heterocycles. The zero-order chi connectivity index (χ0) is 15.4. The fourth-order valence-electron chi connectivity index (χ4n) is 2.84. The molecule has 1 aliphatic rings. The quantitative estimate of drug-likeness (QED) is 0.846. The molecular weight excluding hydrogens is 296 g/mol. The van der Waals surface area contributed by atoms with E-state index in [4.69, 9.17) is 0 Å². The van der Waals surface area contributed by atoms with Gasteiger partial charge in [-0.05, 0) is 11.4 Å².